The molecule has 2 heterocycles. The molecule has 1 aromatic heterocycles. The summed E-state index contributed by atoms with van der Waals surface area (Å²) < 4.78 is 4.98. The molecule has 6 heteroatoms. The van der Waals surface area contributed by atoms with E-state index in [-0.39, 0.29) is 17.5 Å². The molecular formula is C11H14N2O4. The Balaban J connectivity index is 1.97. The van der Waals surface area contributed by atoms with Crippen molar-refractivity contribution in [1.82, 2.24) is 9.88 Å². The second-order valence-corrected chi connectivity index (χ2v) is 4.16. The van der Waals surface area contributed by atoms with Gasteiger partial charge in [-0.05, 0) is 12.8 Å². The van der Waals surface area contributed by atoms with Crippen molar-refractivity contribution in [3.63, 3.8) is 0 Å². The van der Waals surface area contributed by atoms with Crippen LogP contribution < -0.4 is 0 Å². The number of carbonyl (C=O) groups excluding carboxylic acids is 1. The molecule has 1 saturated heterocycles. The van der Waals surface area contributed by atoms with Gasteiger partial charge < -0.3 is 14.4 Å². The van der Waals surface area contributed by atoms with Crippen LogP contribution in [-0.2, 0) is 4.79 Å². The number of carbonyl (C=O) groups is 2. The quantitative estimate of drug-likeness (QED) is 0.828. The van der Waals surface area contributed by atoms with E-state index in [4.69, 9.17) is 9.52 Å². The van der Waals surface area contributed by atoms with Gasteiger partial charge in [-0.1, -0.05) is 0 Å². The molecule has 1 aliphatic rings. The van der Waals surface area contributed by atoms with Crippen molar-refractivity contribution in [2.45, 2.75) is 19.8 Å². The number of aryl methyl sites for hydroxylation is 1. The average Bonchev–Trinajstić information content (AvgIpc) is 2.75. The average molecular weight is 238 g/mol. The zero-order valence-electron chi connectivity index (χ0n) is 9.55. The van der Waals surface area contributed by atoms with Gasteiger partial charge in [0.25, 0.3) is 5.91 Å². The molecule has 1 aromatic rings. The highest BCUT2D eigenvalue weighted by atomic mass is 16.4. The maximum Gasteiger partial charge on any atom is 0.306 e. The SMILES string of the molecule is Cc1nc(C(=O)N2CCC(C(=O)O)CC2)co1. The molecule has 1 aliphatic heterocycles. The first-order valence-corrected chi connectivity index (χ1v) is 5.52. The van der Waals surface area contributed by atoms with Crippen LogP contribution in [-0.4, -0.2) is 40.0 Å². The van der Waals surface area contributed by atoms with Crippen molar-refractivity contribution < 1.29 is 19.1 Å². The highest BCUT2D eigenvalue weighted by Gasteiger charge is 2.28. The fourth-order valence-corrected chi connectivity index (χ4v) is 1.95. The summed E-state index contributed by atoms with van der Waals surface area (Å²) in [5.41, 5.74) is 0.288. The predicted octanol–water partition coefficient (Wildman–Crippen LogP) is 0.920. The number of piperidine rings is 1. The van der Waals surface area contributed by atoms with Crippen LogP contribution in [0.3, 0.4) is 0 Å². The molecule has 0 aromatic carbocycles. The third-order valence-corrected chi connectivity index (χ3v) is 2.97. The van der Waals surface area contributed by atoms with Crippen molar-refractivity contribution in [2.75, 3.05) is 13.1 Å². The van der Waals surface area contributed by atoms with E-state index in [9.17, 15) is 9.59 Å². The van der Waals surface area contributed by atoms with E-state index < -0.39 is 5.97 Å². The summed E-state index contributed by atoms with van der Waals surface area (Å²) in [5.74, 6) is -0.855. The van der Waals surface area contributed by atoms with E-state index in [1.807, 2.05) is 0 Å². The first-order chi connectivity index (χ1) is 8.08. The first-order valence-electron chi connectivity index (χ1n) is 5.52. The number of oxazole rings is 1. The van der Waals surface area contributed by atoms with Gasteiger partial charge in [-0.15, -0.1) is 0 Å². The summed E-state index contributed by atoms with van der Waals surface area (Å²) in [6.07, 6.45) is 2.33. The molecule has 1 N–H and O–H groups in total. The van der Waals surface area contributed by atoms with Gasteiger partial charge in [0.05, 0.1) is 5.92 Å². The number of nitrogens with zero attached hydrogens (tertiary/aromatic N) is 2. The van der Waals surface area contributed by atoms with Crippen LogP contribution in [0, 0.1) is 12.8 Å². The van der Waals surface area contributed by atoms with Gasteiger partial charge in [0.2, 0.25) is 0 Å². The second kappa shape index (κ2) is 4.57. The second-order valence-electron chi connectivity index (χ2n) is 4.16. The monoisotopic (exact) mass is 238 g/mol. The van der Waals surface area contributed by atoms with Crippen LogP contribution in [0.4, 0.5) is 0 Å². The molecule has 0 unspecified atom stereocenters. The van der Waals surface area contributed by atoms with Crippen LogP contribution in [0.2, 0.25) is 0 Å². The molecular weight excluding hydrogens is 224 g/mol. The van der Waals surface area contributed by atoms with Crippen molar-refractivity contribution in [3.8, 4) is 0 Å². The number of amides is 1. The van der Waals surface area contributed by atoms with Crippen LogP contribution in [0.5, 0.6) is 0 Å². The molecule has 0 aliphatic carbocycles. The normalized spacial score (nSPS) is 17.1. The fraction of sp³-hybridized carbons (Fsp3) is 0.545. The standard InChI is InChI=1S/C11H14N2O4/c1-7-12-9(6-17-7)10(14)13-4-2-8(3-5-13)11(15)16/h6,8H,2-5H2,1H3,(H,15,16). The maximum absolute atomic E-state index is 11.9. The van der Waals surface area contributed by atoms with E-state index in [1.54, 1.807) is 11.8 Å². The maximum atomic E-state index is 11.9. The highest BCUT2D eigenvalue weighted by molar-refractivity contribution is 5.92. The Bertz CT molecular complexity index is 432. The Morgan fingerprint density at radius 2 is 2.12 bits per heavy atom. The Labute approximate surface area is 98.2 Å². The molecule has 0 saturated carbocycles. The third-order valence-electron chi connectivity index (χ3n) is 2.97. The van der Waals surface area contributed by atoms with E-state index in [0.717, 1.165) is 0 Å². The molecule has 0 radical (unpaired) electrons. The molecule has 1 amide bonds. The molecule has 92 valence electrons. The number of likely N-dealkylation sites (tertiary alicyclic amines) is 1. The van der Waals surface area contributed by atoms with Gasteiger partial charge in [0, 0.05) is 20.0 Å². The largest absolute Gasteiger partial charge is 0.481 e. The number of carboxylic acid groups (broad SMARTS) is 1. The van der Waals surface area contributed by atoms with Gasteiger partial charge in [-0.2, -0.15) is 0 Å². The number of rotatable bonds is 2. The summed E-state index contributed by atoms with van der Waals surface area (Å²) in [6.45, 7) is 2.59. The lowest BCUT2D eigenvalue weighted by Gasteiger charge is -2.29. The van der Waals surface area contributed by atoms with Crippen molar-refractivity contribution in [3.05, 3.63) is 17.8 Å². The Kier molecular flexibility index (Phi) is 3.12. The van der Waals surface area contributed by atoms with Gasteiger partial charge in [0.15, 0.2) is 11.6 Å². The highest BCUT2D eigenvalue weighted by Crippen LogP contribution is 2.19. The van der Waals surface area contributed by atoms with Gasteiger partial charge >= 0.3 is 5.97 Å². The van der Waals surface area contributed by atoms with Crippen molar-refractivity contribution >= 4 is 11.9 Å². The van der Waals surface area contributed by atoms with E-state index >= 15 is 0 Å². The Hall–Kier alpha value is -1.85. The lowest BCUT2D eigenvalue weighted by Crippen LogP contribution is -2.40. The van der Waals surface area contributed by atoms with Crippen LogP contribution in [0.25, 0.3) is 0 Å². The van der Waals surface area contributed by atoms with Crippen LogP contribution >= 0.6 is 0 Å². The minimum Gasteiger partial charge on any atom is -0.481 e. The first kappa shape index (κ1) is 11.6. The molecule has 2 rings (SSSR count). The zero-order valence-corrected chi connectivity index (χ0v) is 9.55. The minimum absolute atomic E-state index is 0.189. The Morgan fingerprint density at radius 3 is 2.59 bits per heavy atom. The summed E-state index contributed by atoms with van der Waals surface area (Å²) in [7, 11) is 0. The molecule has 0 bridgehead atoms. The zero-order chi connectivity index (χ0) is 12.4. The van der Waals surface area contributed by atoms with Gasteiger partial charge in [0.1, 0.15) is 6.26 Å². The van der Waals surface area contributed by atoms with E-state index in [0.29, 0.717) is 31.8 Å². The summed E-state index contributed by atoms with van der Waals surface area (Å²) in [5, 5.41) is 8.85. The lowest BCUT2D eigenvalue weighted by molar-refractivity contribution is -0.143. The fourth-order valence-electron chi connectivity index (χ4n) is 1.95. The molecule has 17 heavy (non-hydrogen) atoms. The number of aromatic nitrogens is 1. The predicted molar refractivity (Wildman–Crippen MR) is 57.5 cm³/mol. The lowest BCUT2D eigenvalue weighted by atomic mass is 9.97. The molecule has 1 fully saturated rings. The van der Waals surface area contributed by atoms with Crippen molar-refractivity contribution in [1.29, 1.82) is 0 Å². The molecule has 0 atom stereocenters. The van der Waals surface area contributed by atoms with E-state index in [2.05, 4.69) is 4.98 Å². The van der Waals surface area contributed by atoms with Gasteiger partial charge in [-0.3, -0.25) is 9.59 Å². The number of hydrogen-bond donors (Lipinski definition) is 1. The number of carboxylic acids is 1. The van der Waals surface area contributed by atoms with Crippen molar-refractivity contribution in [2.24, 2.45) is 5.92 Å². The van der Waals surface area contributed by atoms with E-state index in [1.165, 1.54) is 6.26 Å². The smallest absolute Gasteiger partial charge is 0.306 e. The van der Waals surface area contributed by atoms with Crippen LogP contribution in [0.15, 0.2) is 10.7 Å². The molecule has 6 nitrogen and oxygen atoms in total. The molecule has 0 spiro atoms. The number of hydrogen-bond acceptors (Lipinski definition) is 4. The Morgan fingerprint density at radius 1 is 1.47 bits per heavy atom. The van der Waals surface area contributed by atoms with Gasteiger partial charge in [-0.25, -0.2) is 4.98 Å². The minimum atomic E-state index is -0.783. The summed E-state index contributed by atoms with van der Waals surface area (Å²) in [4.78, 5) is 28.3. The summed E-state index contributed by atoms with van der Waals surface area (Å²) >= 11 is 0. The topological polar surface area (TPSA) is 83.6 Å². The third kappa shape index (κ3) is 2.46. The van der Waals surface area contributed by atoms with Crippen LogP contribution in [0.1, 0.15) is 29.2 Å². The summed E-state index contributed by atoms with van der Waals surface area (Å²) in [6, 6.07) is 0. The number of aliphatic carboxylic acids is 1.